The number of rotatable bonds is 0. The zero-order valence-corrected chi connectivity index (χ0v) is 9.34. The molecular formula is H9BaO8PSiZr. The smallest absolute Gasteiger partial charge is 0 e. The summed E-state index contributed by atoms with van der Waals surface area (Å²) in [6, 6.07) is 0. The van der Waals surface area contributed by atoms with E-state index in [9.17, 15) is 0 Å². The molecule has 0 spiro atoms. The van der Waals surface area contributed by atoms with Crippen molar-refractivity contribution in [2.45, 2.75) is 0 Å². The van der Waals surface area contributed by atoms with Gasteiger partial charge in [0.1, 0.15) is 0 Å². The summed E-state index contributed by atoms with van der Waals surface area (Å²) >= 11 is 0. The molecule has 0 aromatic carbocycles. The van der Waals surface area contributed by atoms with Crippen LogP contribution in [0.3, 0.4) is 0 Å². The number of phosphoric acid groups is 1. The molecule has 0 aliphatic carbocycles. The van der Waals surface area contributed by atoms with Gasteiger partial charge in [-0.25, -0.2) is 4.57 Å². The molecule has 0 saturated heterocycles. The number of hydrogen-bond acceptors (Lipinski definition) is 5. The van der Waals surface area contributed by atoms with Gasteiger partial charge in [0.15, 0.2) is 0 Å². The van der Waals surface area contributed by atoms with E-state index in [-0.39, 0.29) is 75.1 Å². The maximum absolute atomic E-state index is 8.88. The van der Waals surface area contributed by atoms with E-state index in [0.29, 0.717) is 0 Å². The molecule has 0 heterocycles. The first-order chi connectivity index (χ1) is 4.00. The molecule has 0 saturated carbocycles. The van der Waals surface area contributed by atoms with Gasteiger partial charge in [-0.05, 0) is 0 Å². The molecule has 12 heavy (non-hydrogen) atoms. The van der Waals surface area contributed by atoms with Gasteiger partial charge in [-0.3, -0.25) is 0 Å². The molecule has 8 nitrogen and oxygen atoms in total. The minimum Gasteiger partial charge on any atom is 0 e. The van der Waals surface area contributed by atoms with Gasteiger partial charge in [-0.1, -0.05) is 0 Å². The van der Waals surface area contributed by atoms with Crippen LogP contribution in [0.2, 0.25) is 0 Å². The molecule has 0 amide bonds. The van der Waals surface area contributed by atoms with E-state index in [1.807, 2.05) is 0 Å². The van der Waals surface area contributed by atoms with E-state index < -0.39 is 16.9 Å². The van der Waals surface area contributed by atoms with Crippen molar-refractivity contribution in [3.8, 4) is 0 Å². The molecule has 0 fully saturated rings. The first-order valence-corrected chi connectivity index (χ1v) is 5.03. The largest absolute Gasteiger partial charge is 0 e. The predicted octanol–water partition coefficient (Wildman–Crippen LogP) is -4.46. The van der Waals surface area contributed by atoms with Crippen molar-refractivity contribution in [2.24, 2.45) is 0 Å². The quantitative estimate of drug-likeness (QED) is 0.151. The van der Waals surface area contributed by atoms with E-state index in [0.717, 1.165) is 0 Å². The third-order valence-corrected chi connectivity index (χ3v) is 0. The van der Waals surface area contributed by atoms with Crippen molar-refractivity contribution < 1.29 is 64.6 Å². The first kappa shape index (κ1) is 24.0. The molecule has 0 aliphatic heterocycles. The molecule has 0 aromatic rings. The fourth-order valence-corrected chi connectivity index (χ4v) is 0. The average molecular weight is 425 g/mol. The van der Waals surface area contributed by atoms with Gasteiger partial charge in [0.2, 0.25) is 0 Å². The fourth-order valence-electron chi connectivity index (χ4n) is 0. The third kappa shape index (κ3) is 248. The first-order valence-electron chi connectivity index (χ1n) is 1.68. The Kier molecular flexibility index (Phi) is 20.3. The molecule has 0 atom stereocenters. The summed E-state index contributed by atoms with van der Waals surface area (Å²) < 4.78 is 8.88. The third-order valence-electron chi connectivity index (χ3n) is 0. The Balaban J connectivity index is -0.0000000457. The average Bonchev–Trinajstić information content (AvgIpc) is 1.12. The van der Waals surface area contributed by atoms with E-state index in [1.54, 1.807) is 0 Å². The van der Waals surface area contributed by atoms with E-state index in [2.05, 4.69) is 0 Å². The van der Waals surface area contributed by atoms with Crippen LogP contribution in [0, 0.1) is 0 Å². The summed E-state index contributed by atoms with van der Waals surface area (Å²) in [5.41, 5.74) is 0. The summed E-state index contributed by atoms with van der Waals surface area (Å²) in [5.74, 6) is 0. The minimum absolute atomic E-state index is 0. The van der Waals surface area contributed by atoms with Crippen LogP contribution in [0.1, 0.15) is 0 Å². The summed E-state index contributed by atoms with van der Waals surface area (Å²) in [6.07, 6.45) is 0. The fraction of sp³-hybridized carbons (Fsp3) is 0. The van der Waals surface area contributed by atoms with Gasteiger partial charge in [-0.15, -0.1) is 0 Å². The van der Waals surface area contributed by atoms with Crippen LogP contribution in [0.5, 0.6) is 0 Å². The van der Waals surface area contributed by atoms with Crippen molar-refractivity contribution >= 4 is 65.8 Å². The molecule has 72 valence electrons. The molecule has 12 heteroatoms. The second-order valence-corrected chi connectivity index (χ2v) is 3.34. The van der Waals surface area contributed by atoms with Crippen LogP contribution in [-0.4, -0.2) is 91.8 Å². The Morgan fingerprint density at radius 3 is 0.917 bits per heavy atom. The van der Waals surface area contributed by atoms with Gasteiger partial charge in [-0.2, -0.15) is 0 Å². The van der Waals surface area contributed by atoms with Crippen molar-refractivity contribution in [1.29, 1.82) is 0 Å². The Bertz CT molecular complexity index is 111. The predicted molar refractivity (Wildman–Crippen MR) is 37.4 cm³/mol. The summed E-state index contributed by atoms with van der Waals surface area (Å²) in [5, 5.41) is 0. The van der Waals surface area contributed by atoms with Crippen molar-refractivity contribution in [3.63, 3.8) is 0 Å². The second-order valence-electron chi connectivity index (χ2n) is 1.11. The van der Waals surface area contributed by atoms with Gasteiger partial charge in [0.05, 0.1) is 0 Å². The van der Waals surface area contributed by atoms with Crippen LogP contribution < -0.4 is 0 Å². The van der Waals surface area contributed by atoms with Crippen molar-refractivity contribution in [2.75, 3.05) is 0 Å². The molecule has 0 aromatic heterocycles. The summed E-state index contributed by atoms with van der Waals surface area (Å²) in [6.45, 7) is 0. The molecule has 7 N–H and O–H groups in total. The zero-order valence-electron chi connectivity index (χ0n) is 4.99. The van der Waals surface area contributed by atoms with Gasteiger partial charge in [0.25, 0.3) is 0 Å². The molecular weight excluding hydrogens is 416 g/mol. The Morgan fingerprint density at radius 1 is 0.917 bits per heavy atom. The molecule has 0 unspecified atom stereocenters. The molecule has 0 radical (unpaired) electrons. The second kappa shape index (κ2) is 10.1. The monoisotopic (exact) mass is 424 g/mol. The van der Waals surface area contributed by atoms with Crippen LogP contribution in [0.25, 0.3) is 0 Å². The molecule has 0 bridgehead atoms. The molecule has 0 rings (SSSR count). The van der Waals surface area contributed by atoms with E-state index >= 15 is 0 Å². The number of hydrogen-bond donors (Lipinski definition) is 7. The van der Waals surface area contributed by atoms with E-state index in [4.69, 9.17) is 38.4 Å². The maximum atomic E-state index is 8.88. The van der Waals surface area contributed by atoms with Crippen LogP contribution in [0.4, 0.5) is 0 Å². The van der Waals surface area contributed by atoms with E-state index in [1.165, 1.54) is 0 Å². The summed E-state index contributed by atoms with van der Waals surface area (Å²) in [7, 11) is -9.25. The normalized spacial score (nSPS) is 9.92. The molecule has 0 aliphatic rings. The summed E-state index contributed by atoms with van der Waals surface area (Å²) in [4.78, 5) is 50.9. The van der Waals surface area contributed by atoms with Crippen molar-refractivity contribution in [3.05, 3.63) is 0 Å². The SMILES string of the molecule is O=P(O)(O)O.O[Si](O)(O)O.[BaH2].[Zr]. The Labute approximate surface area is 128 Å². The van der Waals surface area contributed by atoms with Crippen LogP contribution in [0.15, 0.2) is 0 Å². The van der Waals surface area contributed by atoms with Crippen LogP contribution >= 0.6 is 7.82 Å². The maximum Gasteiger partial charge on any atom is 0 e. The van der Waals surface area contributed by atoms with Gasteiger partial charge < -0.3 is 33.9 Å². The topological polar surface area (TPSA) is 159 Å². The van der Waals surface area contributed by atoms with Gasteiger partial charge in [0, 0.05) is 26.2 Å². The minimum atomic E-state index is -4.64. The Hall–Kier alpha value is 2.62. The van der Waals surface area contributed by atoms with Crippen molar-refractivity contribution in [1.82, 2.24) is 0 Å². The zero-order chi connectivity index (χ0) is 9.00. The Morgan fingerprint density at radius 2 is 0.917 bits per heavy atom. The standard InChI is InChI=1S/Ba.H3O4P.H4O4Si.Zr.2H/c;2*1-5(2,3)4;;;/h;(H3,1,2,3,4);1-4H;;;. The van der Waals surface area contributed by atoms with Gasteiger partial charge >= 0.3 is 65.8 Å². The van der Waals surface area contributed by atoms with Crippen LogP contribution in [-0.2, 0) is 30.8 Å².